The van der Waals surface area contributed by atoms with Gasteiger partial charge in [0.1, 0.15) is 0 Å². The monoisotopic (exact) mass is 331 g/mol. The Labute approximate surface area is 131 Å². The van der Waals surface area contributed by atoms with E-state index in [1.807, 2.05) is 6.92 Å². The summed E-state index contributed by atoms with van der Waals surface area (Å²) in [7, 11) is 1.50. The van der Waals surface area contributed by atoms with Crippen LogP contribution in [0.3, 0.4) is 0 Å². The van der Waals surface area contributed by atoms with Crippen LogP contribution in [0.1, 0.15) is 55.5 Å². The highest BCUT2D eigenvalue weighted by molar-refractivity contribution is 8.13. The number of aryl methyl sites for hydroxylation is 1. The summed E-state index contributed by atoms with van der Waals surface area (Å²) < 4.78 is 22.8. The average molecular weight is 332 g/mol. The minimum Gasteiger partial charge on any atom is -0.350 e. The van der Waals surface area contributed by atoms with E-state index in [4.69, 9.17) is 10.7 Å². The standard InChI is InChI=1S/C15H22ClNO3S/c1-4-5-6-7-12(3)17-15(18)13-8-11(2)9-14(10-13)21(16,19)20/h8-10,12H,4-7H2,1-3H3,(H,17,18). The maximum absolute atomic E-state index is 12.2. The van der Waals surface area contributed by atoms with Gasteiger partial charge < -0.3 is 5.32 Å². The Balaban J connectivity index is 2.81. The van der Waals surface area contributed by atoms with Gasteiger partial charge in [0.2, 0.25) is 0 Å². The maximum atomic E-state index is 12.2. The highest BCUT2D eigenvalue weighted by atomic mass is 35.7. The van der Waals surface area contributed by atoms with Gasteiger partial charge in [0.05, 0.1) is 4.90 Å². The third-order valence-electron chi connectivity index (χ3n) is 3.21. The van der Waals surface area contributed by atoms with Crippen molar-refractivity contribution >= 4 is 25.6 Å². The molecule has 0 heterocycles. The quantitative estimate of drug-likeness (QED) is 0.613. The van der Waals surface area contributed by atoms with Crippen LogP contribution in [0.5, 0.6) is 0 Å². The lowest BCUT2D eigenvalue weighted by molar-refractivity contribution is 0.0937. The van der Waals surface area contributed by atoms with Gasteiger partial charge >= 0.3 is 0 Å². The second-order valence-corrected chi connectivity index (χ2v) is 7.91. The molecule has 1 rings (SSSR count). The molecule has 4 nitrogen and oxygen atoms in total. The molecule has 1 amide bonds. The SMILES string of the molecule is CCCCCC(C)NC(=O)c1cc(C)cc(S(=O)(=O)Cl)c1. The number of rotatable bonds is 7. The predicted molar refractivity (Wildman–Crippen MR) is 85.3 cm³/mol. The van der Waals surface area contributed by atoms with Crippen LogP contribution in [0.25, 0.3) is 0 Å². The van der Waals surface area contributed by atoms with Crippen molar-refractivity contribution in [2.75, 3.05) is 0 Å². The van der Waals surface area contributed by atoms with E-state index in [0.29, 0.717) is 11.1 Å². The highest BCUT2D eigenvalue weighted by Crippen LogP contribution is 2.19. The van der Waals surface area contributed by atoms with Gasteiger partial charge in [0, 0.05) is 22.3 Å². The zero-order valence-electron chi connectivity index (χ0n) is 12.6. The molecule has 0 radical (unpaired) electrons. The first kappa shape index (κ1) is 18.0. The summed E-state index contributed by atoms with van der Waals surface area (Å²) in [5.41, 5.74) is 0.997. The van der Waals surface area contributed by atoms with Crippen molar-refractivity contribution < 1.29 is 13.2 Å². The summed E-state index contributed by atoms with van der Waals surface area (Å²) in [6.07, 6.45) is 4.24. The molecule has 0 saturated heterocycles. The van der Waals surface area contributed by atoms with Gasteiger partial charge in [0.15, 0.2) is 0 Å². The molecule has 118 valence electrons. The maximum Gasteiger partial charge on any atom is 0.261 e. The molecule has 0 aliphatic rings. The molecule has 0 saturated carbocycles. The van der Waals surface area contributed by atoms with Gasteiger partial charge in [0.25, 0.3) is 15.0 Å². The molecular formula is C15H22ClNO3S. The van der Waals surface area contributed by atoms with Gasteiger partial charge in [-0.15, -0.1) is 0 Å². The second-order valence-electron chi connectivity index (χ2n) is 5.34. The van der Waals surface area contributed by atoms with Gasteiger partial charge in [-0.1, -0.05) is 26.2 Å². The van der Waals surface area contributed by atoms with Crippen molar-refractivity contribution in [1.29, 1.82) is 0 Å². The highest BCUT2D eigenvalue weighted by Gasteiger charge is 2.16. The summed E-state index contributed by atoms with van der Waals surface area (Å²) in [4.78, 5) is 12.1. The van der Waals surface area contributed by atoms with Gasteiger partial charge in [-0.2, -0.15) is 0 Å². The molecule has 21 heavy (non-hydrogen) atoms. The lowest BCUT2D eigenvalue weighted by Gasteiger charge is -2.14. The van der Waals surface area contributed by atoms with Crippen LogP contribution in [0.4, 0.5) is 0 Å². The molecular weight excluding hydrogens is 310 g/mol. The van der Waals surface area contributed by atoms with Crippen molar-refractivity contribution in [2.45, 2.75) is 57.4 Å². The number of hydrogen-bond acceptors (Lipinski definition) is 3. The predicted octanol–water partition coefficient (Wildman–Crippen LogP) is 3.62. The van der Waals surface area contributed by atoms with Crippen LogP contribution in [0.2, 0.25) is 0 Å². The Hall–Kier alpha value is -1.07. The second kappa shape index (κ2) is 7.80. The number of carbonyl (C=O) groups is 1. The molecule has 0 aliphatic carbocycles. The molecule has 1 unspecified atom stereocenters. The Morgan fingerprint density at radius 1 is 1.29 bits per heavy atom. The normalized spacial score (nSPS) is 13.0. The first-order chi connectivity index (χ1) is 9.74. The smallest absolute Gasteiger partial charge is 0.261 e. The minimum absolute atomic E-state index is 0.0482. The zero-order valence-corrected chi connectivity index (χ0v) is 14.2. The topological polar surface area (TPSA) is 63.2 Å². The van der Waals surface area contributed by atoms with Crippen LogP contribution in [-0.4, -0.2) is 20.4 Å². The zero-order chi connectivity index (χ0) is 16.0. The lowest BCUT2D eigenvalue weighted by atomic mass is 10.1. The van der Waals surface area contributed by atoms with Crippen LogP contribution in [-0.2, 0) is 9.05 Å². The molecule has 1 aromatic carbocycles. The van der Waals surface area contributed by atoms with Crippen molar-refractivity contribution in [3.8, 4) is 0 Å². The van der Waals surface area contributed by atoms with Crippen LogP contribution < -0.4 is 5.32 Å². The molecule has 0 aromatic heterocycles. The first-order valence-corrected chi connectivity index (χ1v) is 9.42. The molecule has 6 heteroatoms. The Bertz CT molecular complexity index is 599. The fourth-order valence-corrected chi connectivity index (χ4v) is 2.96. The van der Waals surface area contributed by atoms with Gasteiger partial charge in [-0.25, -0.2) is 8.42 Å². The summed E-state index contributed by atoms with van der Waals surface area (Å²) >= 11 is 0. The lowest BCUT2D eigenvalue weighted by Crippen LogP contribution is -2.32. The van der Waals surface area contributed by atoms with Crippen molar-refractivity contribution in [3.63, 3.8) is 0 Å². The Morgan fingerprint density at radius 3 is 2.52 bits per heavy atom. The van der Waals surface area contributed by atoms with Crippen LogP contribution in [0.15, 0.2) is 23.1 Å². The van der Waals surface area contributed by atoms with Gasteiger partial charge in [-0.3, -0.25) is 4.79 Å². The fraction of sp³-hybridized carbons (Fsp3) is 0.533. The summed E-state index contributed by atoms with van der Waals surface area (Å²) in [6, 6.07) is 4.47. The summed E-state index contributed by atoms with van der Waals surface area (Å²) in [6.45, 7) is 5.81. The third-order valence-corrected chi connectivity index (χ3v) is 4.55. The number of amides is 1. The van der Waals surface area contributed by atoms with E-state index >= 15 is 0 Å². The molecule has 0 aliphatic heterocycles. The molecule has 1 atom stereocenters. The number of unbranched alkanes of at least 4 members (excludes halogenated alkanes) is 2. The van der Waals surface area contributed by atoms with Crippen LogP contribution in [0, 0.1) is 6.92 Å². The number of benzene rings is 1. The number of halogens is 1. The molecule has 0 fully saturated rings. The molecule has 1 aromatic rings. The van der Waals surface area contributed by atoms with Crippen molar-refractivity contribution in [1.82, 2.24) is 5.32 Å². The van der Waals surface area contributed by atoms with E-state index in [0.717, 1.165) is 25.7 Å². The summed E-state index contributed by atoms with van der Waals surface area (Å²) in [5.74, 6) is -0.274. The van der Waals surface area contributed by atoms with Crippen molar-refractivity contribution in [3.05, 3.63) is 29.3 Å². The Kier molecular flexibility index (Phi) is 6.68. The molecule has 0 spiro atoms. The molecule has 0 bridgehead atoms. The van der Waals surface area contributed by atoms with E-state index in [1.165, 1.54) is 12.1 Å². The minimum atomic E-state index is -3.84. The fourth-order valence-electron chi connectivity index (χ4n) is 2.10. The number of hydrogen-bond donors (Lipinski definition) is 1. The largest absolute Gasteiger partial charge is 0.350 e. The van der Waals surface area contributed by atoms with Crippen molar-refractivity contribution in [2.24, 2.45) is 0 Å². The van der Waals surface area contributed by atoms with E-state index in [-0.39, 0.29) is 16.8 Å². The van der Waals surface area contributed by atoms with E-state index < -0.39 is 9.05 Å². The Morgan fingerprint density at radius 2 is 1.95 bits per heavy atom. The van der Waals surface area contributed by atoms with E-state index in [9.17, 15) is 13.2 Å². The van der Waals surface area contributed by atoms with E-state index in [2.05, 4.69) is 12.2 Å². The van der Waals surface area contributed by atoms with E-state index in [1.54, 1.807) is 13.0 Å². The summed E-state index contributed by atoms with van der Waals surface area (Å²) in [5, 5.41) is 2.88. The van der Waals surface area contributed by atoms with Gasteiger partial charge in [-0.05, 0) is 44.0 Å². The number of nitrogens with one attached hydrogen (secondary N) is 1. The first-order valence-electron chi connectivity index (χ1n) is 7.11. The van der Waals surface area contributed by atoms with Crippen LogP contribution >= 0.6 is 10.7 Å². The molecule has 1 N–H and O–H groups in total. The third kappa shape index (κ3) is 6.06. The number of carbonyl (C=O) groups excluding carboxylic acids is 1. The average Bonchev–Trinajstić information content (AvgIpc) is 2.37.